The lowest BCUT2D eigenvalue weighted by Crippen LogP contribution is -2.30. The zero-order valence-electron chi connectivity index (χ0n) is 16.9. The number of carbonyl (C=O) groups excluding carboxylic acids is 1. The molecule has 1 aliphatic rings. The standard InChI is InChI=1S/C21H22F2N4O3/c1-12(28)25-19-8-14-15(10-27(2)17(14)9-24-19)16-6-13(20(22)23)7-18(26-16)21(29-3)4-5-30-11-21/h6-10,20H,4-5,11H2,1-3H3,(H,24,25,28)/t21-/m1/s1. The molecule has 0 unspecified atom stereocenters. The predicted octanol–water partition coefficient (Wildman–Crippen LogP) is 3.79. The summed E-state index contributed by atoms with van der Waals surface area (Å²) in [5.41, 5.74) is 1.28. The zero-order chi connectivity index (χ0) is 21.5. The van der Waals surface area contributed by atoms with E-state index in [4.69, 9.17) is 14.5 Å². The van der Waals surface area contributed by atoms with Crippen molar-refractivity contribution in [3.8, 4) is 11.3 Å². The fourth-order valence-corrected chi connectivity index (χ4v) is 3.79. The fourth-order valence-electron chi connectivity index (χ4n) is 3.79. The van der Waals surface area contributed by atoms with Gasteiger partial charge in [0.2, 0.25) is 5.91 Å². The quantitative estimate of drug-likeness (QED) is 0.685. The Kier molecular flexibility index (Phi) is 5.25. The average Bonchev–Trinajstić information content (AvgIpc) is 3.33. The topological polar surface area (TPSA) is 78.3 Å². The van der Waals surface area contributed by atoms with Gasteiger partial charge in [-0.15, -0.1) is 0 Å². The Labute approximate surface area is 172 Å². The summed E-state index contributed by atoms with van der Waals surface area (Å²) in [6, 6.07) is 4.50. The van der Waals surface area contributed by atoms with Crippen molar-refractivity contribution in [1.29, 1.82) is 0 Å². The molecule has 0 aliphatic carbocycles. The zero-order valence-corrected chi connectivity index (χ0v) is 16.9. The first-order chi connectivity index (χ1) is 14.3. The van der Waals surface area contributed by atoms with Gasteiger partial charge in [0.05, 0.1) is 29.7 Å². The number of aromatic nitrogens is 3. The molecule has 0 radical (unpaired) electrons. The molecule has 1 amide bonds. The van der Waals surface area contributed by atoms with E-state index < -0.39 is 12.0 Å². The van der Waals surface area contributed by atoms with Crippen LogP contribution in [0.5, 0.6) is 0 Å². The number of fused-ring (bicyclic) bond motifs is 1. The first-order valence-corrected chi connectivity index (χ1v) is 9.49. The largest absolute Gasteiger partial charge is 0.378 e. The molecule has 158 valence electrons. The van der Waals surface area contributed by atoms with Crippen molar-refractivity contribution in [2.45, 2.75) is 25.4 Å². The van der Waals surface area contributed by atoms with E-state index in [0.29, 0.717) is 35.8 Å². The maximum absolute atomic E-state index is 13.7. The highest BCUT2D eigenvalue weighted by Gasteiger charge is 2.39. The van der Waals surface area contributed by atoms with Gasteiger partial charge in [-0.3, -0.25) is 4.79 Å². The molecule has 0 saturated carbocycles. The van der Waals surface area contributed by atoms with Crippen molar-refractivity contribution in [3.05, 3.63) is 41.9 Å². The van der Waals surface area contributed by atoms with Crippen molar-refractivity contribution in [2.24, 2.45) is 7.05 Å². The predicted molar refractivity (Wildman–Crippen MR) is 107 cm³/mol. The molecular formula is C21H22F2N4O3. The molecule has 0 bridgehead atoms. The number of aryl methyl sites for hydroxylation is 1. The Morgan fingerprint density at radius 3 is 2.80 bits per heavy atom. The molecule has 7 nitrogen and oxygen atoms in total. The second kappa shape index (κ2) is 7.73. The van der Waals surface area contributed by atoms with Crippen molar-refractivity contribution < 1.29 is 23.0 Å². The van der Waals surface area contributed by atoms with Gasteiger partial charge in [-0.2, -0.15) is 0 Å². The summed E-state index contributed by atoms with van der Waals surface area (Å²) in [5, 5.41) is 3.40. The maximum Gasteiger partial charge on any atom is 0.263 e. The molecule has 0 aromatic carbocycles. The third-order valence-corrected chi connectivity index (χ3v) is 5.40. The Bertz CT molecular complexity index is 1110. The van der Waals surface area contributed by atoms with Gasteiger partial charge in [-0.25, -0.2) is 18.7 Å². The van der Waals surface area contributed by atoms with E-state index in [0.717, 1.165) is 10.9 Å². The number of hydrogen-bond donors (Lipinski definition) is 1. The van der Waals surface area contributed by atoms with Crippen molar-refractivity contribution in [3.63, 3.8) is 0 Å². The van der Waals surface area contributed by atoms with E-state index in [1.807, 2.05) is 17.8 Å². The molecule has 4 rings (SSSR count). The van der Waals surface area contributed by atoms with Crippen molar-refractivity contribution >= 4 is 22.6 Å². The number of anilines is 1. The Morgan fingerprint density at radius 2 is 2.17 bits per heavy atom. The van der Waals surface area contributed by atoms with Crippen LogP contribution in [0.1, 0.15) is 31.0 Å². The summed E-state index contributed by atoms with van der Waals surface area (Å²) in [5.74, 6) is 0.132. The van der Waals surface area contributed by atoms with E-state index in [2.05, 4.69) is 10.3 Å². The summed E-state index contributed by atoms with van der Waals surface area (Å²) in [4.78, 5) is 20.4. The highest BCUT2D eigenvalue weighted by atomic mass is 19.3. The highest BCUT2D eigenvalue weighted by molar-refractivity contribution is 5.98. The molecule has 4 heterocycles. The third-order valence-electron chi connectivity index (χ3n) is 5.40. The second-order valence-corrected chi connectivity index (χ2v) is 7.39. The minimum Gasteiger partial charge on any atom is -0.378 e. The van der Waals surface area contributed by atoms with Gasteiger partial charge in [0, 0.05) is 56.8 Å². The van der Waals surface area contributed by atoms with Crippen LogP contribution in [0.25, 0.3) is 22.2 Å². The first kappa shape index (κ1) is 20.4. The molecule has 1 fully saturated rings. The van der Waals surface area contributed by atoms with Crippen LogP contribution < -0.4 is 5.32 Å². The highest BCUT2D eigenvalue weighted by Crippen LogP contribution is 2.38. The van der Waals surface area contributed by atoms with Gasteiger partial charge >= 0.3 is 0 Å². The molecule has 9 heteroatoms. The second-order valence-electron chi connectivity index (χ2n) is 7.39. The SMILES string of the molecule is CO[C@]1(c2cc(C(F)F)cc(-c3cn(C)c4cnc(NC(C)=O)cc34)n2)CCOC1. The summed E-state index contributed by atoms with van der Waals surface area (Å²) in [7, 11) is 3.37. The summed E-state index contributed by atoms with van der Waals surface area (Å²) < 4.78 is 40.4. The Hall–Kier alpha value is -2.91. The molecule has 0 spiro atoms. The summed E-state index contributed by atoms with van der Waals surface area (Å²) in [6.45, 7) is 2.13. The van der Waals surface area contributed by atoms with Crippen LogP contribution in [-0.4, -0.2) is 40.8 Å². The fraction of sp³-hybridized carbons (Fsp3) is 0.381. The number of halogens is 2. The van der Waals surface area contributed by atoms with Crippen LogP contribution in [0, 0.1) is 0 Å². The van der Waals surface area contributed by atoms with Crippen LogP contribution in [0.2, 0.25) is 0 Å². The maximum atomic E-state index is 13.7. The van der Waals surface area contributed by atoms with E-state index in [1.54, 1.807) is 12.3 Å². The molecule has 3 aromatic rings. The van der Waals surface area contributed by atoms with E-state index in [9.17, 15) is 13.6 Å². The van der Waals surface area contributed by atoms with Gasteiger partial charge in [0.25, 0.3) is 6.43 Å². The number of hydrogen-bond acceptors (Lipinski definition) is 5. The molecule has 1 atom stereocenters. The lowest BCUT2D eigenvalue weighted by Gasteiger charge is -2.26. The van der Waals surface area contributed by atoms with Crippen LogP contribution in [0.3, 0.4) is 0 Å². The normalized spacial score (nSPS) is 19.0. The Morgan fingerprint density at radius 1 is 1.37 bits per heavy atom. The van der Waals surface area contributed by atoms with Crippen LogP contribution in [-0.2, 0) is 26.9 Å². The van der Waals surface area contributed by atoms with Crippen molar-refractivity contribution in [2.75, 3.05) is 25.6 Å². The number of methoxy groups -OCH3 is 1. The first-order valence-electron chi connectivity index (χ1n) is 9.49. The number of nitrogens with zero attached hydrogens (tertiary/aromatic N) is 3. The number of rotatable bonds is 5. The number of amides is 1. The monoisotopic (exact) mass is 416 g/mol. The molecule has 1 aliphatic heterocycles. The molecule has 1 saturated heterocycles. The van der Waals surface area contributed by atoms with Gasteiger partial charge in [-0.1, -0.05) is 0 Å². The number of alkyl halides is 2. The van der Waals surface area contributed by atoms with E-state index in [1.165, 1.54) is 26.2 Å². The average molecular weight is 416 g/mol. The van der Waals surface area contributed by atoms with E-state index >= 15 is 0 Å². The summed E-state index contributed by atoms with van der Waals surface area (Å²) >= 11 is 0. The summed E-state index contributed by atoms with van der Waals surface area (Å²) in [6.07, 6.45) is 1.32. The minimum absolute atomic E-state index is 0.133. The lowest BCUT2D eigenvalue weighted by atomic mass is 9.95. The smallest absolute Gasteiger partial charge is 0.263 e. The van der Waals surface area contributed by atoms with Crippen molar-refractivity contribution in [1.82, 2.24) is 14.5 Å². The molecule has 30 heavy (non-hydrogen) atoms. The molecular weight excluding hydrogens is 394 g/mol. The Balaban J connectivity index is 1.91. The van der Waals surface area contributed by atoms with Gasteiger partial charge in [0.15, 0.2) is 0 Å². The van der Waals surface area contributed by atoms with Crippen LogP contribution in [0.15, 0.2) is 30.6 Å². The lowest BCUT2D eigenvalue weighted by molar-refractivity contribution is -0.114. The van der Waals surface area contributed by atoms with Gasteiger partial charge in [0.1, 0.15) is 11.4 Å². The number of pyridine rings is 2. The third kappa shape index (κ3) is 3.54. The van der Waals surface area contributed by atoms with E-state index in [-0.39, 0.29) is 18.1 Å². The van der Waals surface area contributed by atoms with Crippen LogP contribution >= 0.6 is 0 Å². The number of ether oxygens (including phenoxy) is 2. The molecule has 3 aromatic heterocycles. The number of nitrogens with one attached hydrogen (secondary N) is 1. The van der Waals surface area contributed by atoms with Crippen LogP contribution in [0.4, 0.5) is 14.6 Å². The molecule has 1 N–H and O–H groups in total. The van der Waals surface area contributed by atoms with Gasteiger partial charge < -0.3 is 19.4 Å². The minimum atomic E-state index is -2.66. The van der Waals surface area contributed by atoms with Gasteiger partial charge in [-0.05, 0) is 18.2 Å². The number of carbonyl (C=O) groups is 1.